The smallest absolute Gasteiger partial charge is 0.191 e. The van der Waals surface area contributed by atoms with E-state index in [0.717, 1.165) is 18.8 Å². The molecule has 20 heavy (non-hydrogen) atoms. The molecule has 0 fully saturated rings. The fraction of sp³-hybridized carbons (Fsp3) is 0.286. The highest BCUT2D eigenvalue weighted by Gasteiger charge is 2.04. The normalized spacial score (nSPS) is 10.3. The molecule has 0 radical (unpaired) electrons. The monoisotopic (exact) mass is 289 g/mol. The molecule has 0 aliphatic carbocycles. The zero-order valence-electron chi connectivity index (χ0n) is 11.7. The summed E-state index contributed by atoms with van der Waals surface area (Å²) in [6.45, 7) is 2.89. The van der Waals surface area contributed by atoms with E-state index in [1.54, 1.807) is 6.07 Å². The number of hydrogen-bond donors (Lipinski definition) is 3. The maximum absolute atomic E-state index is 5.42. The Hall–Kier alpha value is -1.79. The largest absolute Gasteiger partial charge is 0.366 e. The van der Waals surface area contributed by atoms with Gasteiger partial charge in [-0.05, 0) is 23.8 Å². The standard InChI is InChI=1S/C14H19N5S/c1-3-10-6-4-5-7-11(10)9-16-12-8-13(19-15)18-14(17-12)20-2/h4-8H,3,9,15H2,1-2H3,(H2,16,17,18,19). The Morgan fingerprint density at radius 3 is 2.50 bits per heavy atom. The third kappa shape index (κ3) is 3.61. The second-order valence-corrected chi connectivity index (χ2v) is 5.02. The van der Waals surface area contributed by atoms with Crippen molar-refractivity contribution in [1.29, 1.82) is 0 Å². The van der Waals surface area contributed by atoms with Gasteiger partial charge in [0.15, 0.2) is 5.16 Å². The van der Waals surface area contributed by atoms with Gasteiger partial charge in [0.2, 0.25) is 0 Å². The SMILES string of the molecule is CCc1ccccc1CNc1cc(NN)nc(SC)n1. The number of nitrogens with two attached hydrogens (primary N) is 1. The Morgan fingerprint density at radius 1 is 1.15 bits per heavy atom. The summed E-state index contributed by atoms with van der Waals surface area (Å²) in [5.41, 5.74) is 5.18. The zero-order valence-corrected chi connectivity index (χ0v) is 12.5. The van der Waals surface area contributed by atoms with Crippen LogP contribution >= 0.6 is 11.8 Å². The molecule has 4 N–H and O–H groups in total. The van der Waals surface area contributed by atoms with E-state index in [1.807, 2.05) is 6.26 Å². The fourth-order valence-corrected chi connectivity index (χ4v) is 2.32. The molecular weight excluding hydrogens is 270 g/mol. The molecule has 1 aromatic heterocycles. The van der Waals surface area contributed by atoms with E-state index >= 15 is 0 Å². The second kappa shape index (κ2) is 7.12. The number of nitrogens with zero attached hydrogens (tertiary/aromatic N) is 2. The van der Waals surface area contributed by atoms with Gasteiger partial charge in [0.05, 0.1) is 0 Å². The molecule has 0 aliphatic heterocycles. The predicted octanol–water partition coefficient (Wildman–Crippen LogP) is 2.66. The van der Waals surface area contributed by atoms with Gasteiger partial charge >= 0.3 is 0 Å². The van der Waals surface area contributed by atoms with Crippen molar-refractivity contribution in [3.63, 3.8) is 0 Å². The topological polar surface area (TPSA) is 75.9 Å². The Bertz CT molecular complexity index is 551. The van der Waals surface area contributed by atoms with E-state index in [2.05, 4.69) is 51.9 Å². The van der Waals surface area contributed by atoms with Crippen molar-refractivity contribution < 1.29 is 0 Å². The number of hydrazine groups is 1. The average Bonchev–Trinajstić information content (AvgIpc) is 2.52. The highest BCUT2D eigenvalue weighted by Crippen LogP contribution is 2.18. The summed E-state index contributed by atoms with van der Waals surface area (Å²) < 4.78 is 0. The minimum atomic E-state index is 0.607. The lowest BCUT2D eigenvalue weighted by atomic mass is 10.1. The summed E-state index contributed by atoms with van der Waals surface area (Å²) in [5, 5.41) is 4.01. The summed E-state index contributed by atoms with van der Waals surface area (Å²) in [6, 6.07) is 10.2. The molecule has 0 spiro atoms. The first-order valence-electron chi connectivity index (χ1n) is 6.47. The molecule has 0 amide bonds. The van der Waals surface area contributed by atoms with E-state index < -0.39 is 0 Å². The van der Waals surface area contributed by atoms with Crippen LogP contribution in [0.15, 0.2) is 35.5 Å². The molecule has 6 heteroatoms. The number of nitrogen functional groups attached to an aromatic ring is 1. The van der Waals surface area contributed by atoms with Crippen molar-refractivity contribution >= 4 is 23.4 Å². The molecule has 1 aromatic carbocycles. The van der Waals surface area contributed by atoms with Crippen molar-refractivity contribution in [1.82, 2.24) is 9.97 Å². The molecular formula is C14H19N5S. The van der Waals surface area contributed by atoms with Crippen molar-refractivity contribution in [3.05, 3.63) is 41.5 Å². The van der Waals surface area contributed by atoms with Gasteiger partial charge in [-0.25, -0.2) is 15.8 Å². The molecule has 106 valence electrons. The van der Waals surface area contributed by atoms with Crippen molar-refractivity contribution in [3.8, 4) is 0 Å². The van der Waals surface area contributed by atoms with Crippen LogP contribution in [0.25, 0.3) is 0 Å². The predicted molar refractivity (Wildman–Crippen MR) is 84.8 cm³/mol. The van der Waals surface area contributed by atoms with Crippen molar-refractivity contribution in [2.24, 2.45) is 5.84 Å². The Kier molecular flexibility index (Phi) is 5.20. The van der Waals surface area contributed by atoms with Gasteiger partial charge in [-0.3, -0.25) is 0 Å². The number of benzene rings is 1. The Morgan fingerprint density at radius 2 is 1.85 bits per heavy atom. The third-order valence-corrected chi connectivity index (χ3v) is 3.54. The van der Waals surface area contributed by atoms with Crippen LogP contribution in [-0.4, -0.2) is 16.2 Å². The van der Waals surface area contributed by atoms with Crippen LogP contribution in [0.2, 0.25) is 0 Å². The first-order valence-corrected chi connectivity index (χ1v) is 7.69. The van der Waals surface area contributed by atoms with Crippen LogP contribution in [0, 0.1) is 0 Å². The highest BCUT2D eigenvalue weighted by atomic mass is 32.2. The van der Waals surface area contributed by atoms with Crippen molar-refractivity contribution in [2.45, 2.75) is 25.0 Å². The quantitative estimate of drug-likeness (QED) is 0.328. The molecule has 0 saturated heterocycles. The maximum atomic E-state index is 5.42. The summed E-state index contributed by atoms with van der Waals surface area (Å²) in [4.78, 5) is 8.65. The summed E-state index contributed by atoms with van der Waals surface area (Å²) >= 11 is 1.48. The van der Waals surface area contributed by atoms with Gasteiger partial charge in [0.1, 0.15) is 11.6 Å². The molecule has 0 bridgehead atoms. The van der Waals surface area contributed by atoms with Gasteiger partial charge < -0.3 is 10.7 Å². The number of thioether (sulfide) groups is 1. The lowest BCUT2D eigenvalue weighted by molar-refractivity contribution is 0.948. The second-order valence-electron chi connectivity index (χ2n) is 4.25. The number of nitrogens with one attached hydrogen (secondary N) is 2. The molecule has 2 aromatic rings. The van der Waals surface area contributed by atoms with Gasteiger partial charge in [0.25, 0.3) is 0 Å². The van der Waals surface area contributed by atoms with Crippen LogP contribution < -0.4 is 16.6 Å². The molecule has 0 unspecified atom stereocenters. The van der Waals surface area contributed by atoms with Crippen LogP contribution in [-0.2, 0) is 13.0 Å². The highest BCUT2D eigenvalue weighted by molar-refractivity contribution is 7.98. The molecule has 0 atom stereocenters. The van der Waals surface area contributed by atoms with Crippen molar-refractivity contribution in [2.75, 3.05) is 17.0 Å². The summed E-state index contributed by atoms with van der Waals surface area (Å²) in [5.74, 6) is 6.79. The van der Waals surface area contributed by atoms with Gasteiger partial charge in [-0.2, -0.15) is 0 Å². The average molecular weight is 289 g/mol. The van der Waals surface area contributed by atoms with Crippen LogP contribution in [0.1, 0.15) is 18.1 Å². The number of aryl methyl sites for hydroxylation is 1. The lowest BCUT2D eigenvalue weighted by Gasteiger charge is -2.11. The van der Waals surface area contributed by atoms with Gasteiger partial charge in [-0.1, -0.05) is 43.0 Å². The van der Waals surface area contributed by atoms with Crippen LogP contribution in [0.4, 0.5) is 11.6 Å². The minimum absolute atomic E-state index is 0.607. The maximum Gasteiger partial charge on any atom is 0.191 e. The molecule has 0 aliphatic rings. The van der Waals surface area contributed by atoms with Gasteiger partial charge in [0, 0.05) is 12.6 Å². The minimum Gasteiger partial charge on any atom is -0.366 e. The number of aromatic nitrogens is 2. The van der Waals surface area contributed by atoms with E-state index in [0.29, 0.717) is 11.0 Å². The number of anilines is 2. The number of rotatable bonds is 6. The summed E-state index contributed by atoms with van der Waals surface area (Å²) in [6.07, 6.45) is 2.96. The fourth-order valence-electron chi connectivity index (χ4n) is 1.94. The first kappa shape index (κ1) is 14.6. The summed E-state index contributed by atoms with van der Waals surface area (Å²) in [7, 11) is 0. The molecule has 5 nitrogen and oxygen atoms in total. The molecule has 2 rings (SSSR count). The Labute approximate surface area is 123 Å². The van der Waals surface area contributed by atoms with Crippen LogP contribution in [0.5, 0.6) is 0 Å². The Balaban J connectivity index is 2.14. The zero-order chi connectivity index (χ0) is 14.4. The molecule has 0 saturated carbocycles. The van der Waals surface area contributed by atoms with E-state index in [4.69, 9.17) is 5.84 Å². The lowest BCUT2D eigenvalue weighted by Crippen LogP contribution is -2.11. The first-order chi connectivity index (χ1) is 9.76. The van der Waals surface area contributed by atoms with E-state index in [-0.39, 0.29) is 0 Å². The van der Waals surface area contributed by atoms with Crippen LogP contribution in [0.3, 0.4) is 0 Å². The number of hydrogen-bond acceptors (Lipinski definition) is 6. The molecule has 1 heterocycles. The van der Waals surface area contributed by atoms with E-state index in [1.165, 1.54) is 22.9 Å². The van der Waals surface area contributed by atoms with Gasteiger partial charge in [-0.15, -0.1) is 0 Å². The van der Waals surface area contributed by atoms with E-state index in [9.17, 15) is 0 Å². The third-order valence-electron chi connectivity index (χ3n) is 3.00.